The van der Waals surface area contributed by atoms with Gasteiger partial charge in [-0.15, -0.1) is 0 Å². The Morgan fingerprint density at radius 2 is 2.24 bits per heavy atom. The van der Waals surface area contributed by atoms with Gasteiger partial charge in [0, 0.05) is 24.5 Å². The highest BCUT2D eigenvalue weighted by molar-refractivity contribution is 6.30. The second-order valence-corrected chi connectivity index (χ2v) is 3.91. The number of halogens is 1. The van der Waals surface area contributed by atoms with E-state index in [0.29, 0.717) is 30.3 Å². The van der Waals surface area contributed by atoms with Gasteiger partial charge in [-0.25, -0.2) is 0 Å². The first-order chi connectivity index (χ1) is 8.17. The van der Waals surface area contributed by atoms with E-state index in [1.54, 1.807) is 25.3 Å². The van der Waals surface area contributed by atoms with E-state index < -0.39 is 0 Å². The molecular weight excluding hydrogens is 240 g/mol. The third-order valence-corrected chi connectivity index (χ3v) is 2.44. The number of carbonyl (C=O) groups excluding carboxylic acids is 1. The smallest absolute Gasteiger partial charge is 0.221 e. The second kappa shape index (κ2) is 7.01. The SMILES string of the molecule is CCNC(=O)CCNc1cc(Cl)ccc1OC. The molecule has 0 atom stereocenters. The Labute approximate surface area is 106 Å². The minimum Gasteiger partial charge on any atom is -0.495 e. The van der Waals surface area contributed by atoms with E-state index in [-0.39, 0.29) is 5.91 Å². The van der Waals surface area contributed by atoms with Gasteiger partial charge in [0.15, 0.2) is 0 Å². The van der Waals surface area contributed by atoms with E-state index in [1.165, 1.54) is 0 Å². The minimum absolute atomic E-state index is 0.0287. The lowest BCUT2D eigenvalue weighted by atomic mass is 10.3. The normalized spacial score (nSPS) is 9.82. The van der Waals surface area contributed by atoms with Crippen LogP contribution in [0.3, 0.4) is 0 Å². The van der Waals surface area contributed by atoms with Crippen LogP contribution < -0.4 is 15.4 Å². The zero-order valence-corrected chi connectivity index (χ0v) is 10.8. The molecule has 0 aromatic heterocycles. The van der Waals surface area contributed by atoms with Crippen molar-refractivity contribution in [3.05, 3.63) is 23.2 Å². The summed E-state index contributed by atoms with van der Waals surface area (Å²) in [6.45, 7) is 3.09. The summed E-state index contributed by atoms with van der Waals surface area (Å²) in [4.78, 5) is 11.2. The molecule has 0 fully saturated rings. The fraction of sp³-hybridized carbons (Fsp3) is 0.417. The fourth-order valence-electron chi connectivity index (χ4n) is 1.41. The number of nitrogens with one attached hydrogen (secondary N) is 2. The molecular formula is C12H17ClN2O2. The number of carbonyl (C=O) groups is 1. The van der Waals surface area contributed by atoms with Crippen LogP contribution in [0.15, 0.2) is 18.2 Å². The van der Waals surface area contributed by atoms with Crippen molar-refractivity contribution >= 4 is 23.2 Å². The Bertz CT molecular complexity index is 383. The van der Waals surface area contributed by atoms with Gasteiger partial charge in [0.2, 0.25) is 5.91 Å². The van der Waals surface area contributed by atoms with Gasteiger partial charge in [0.05, 0.1) is 12.8 Å². The van der Waals surface area contributed by atoms with Crippen LogP contribution in [0, 0.1) is 0 Å². The van der Waals surface area contributed by atoms with Gasteiger partial charge < -0.3 is 15.4 Å². The summed E-state index contributed by atoms with van der Waals surface area (Å²) in [7, 11) is 1.60. The molecule has 0 spiro atoms. The lowest BCUT2D eigenvalue weighted by molar-refractivity contribution is -0.120. The predicted molar refractivity (Wildman–Crippen MR) is 69.8 cm³/mol. The standard InChI is InChI=1S/C12H17ClN2O2/c1-3-14-12(16)6-7-15-10-8-9(13)4-5-11(10)17-2/h4-5,8,15H,3,6-7H2,1-2H3,(H,14,16). The molecule has 17 heavy (non-hydrogen) atoms. The zero-order chi connectivity index (χ0) is 12.7. The number of methoxy groups -OCH3 is 1. The van der Waals surface area contributed by atoms with Crippen molar-refractivity contribution in [1.82, 2.24) is 5.32 Å². The Balaban J connectivity index is 2.50. The lowest BCUT2D eigenvalue weighted by Crippen LogP contribution is -2.24. The molecule has 0 heterocycles. The molecule has 0 saturated carbocycles. The lowest BCUT2D eigenvalue weighted by Gasteiger charge is -2.11. The van der Waals surface area contributed by atoms with Crippen molar-refractivity contribution in [2.24, 2.45) is 0 Å². The average Bonchev–Trinajstić information content (AvgIpc) is 2.30. The Hall–Kier alpha value is -1.42. The van der Waals surface area contributed by atoms with Gasteiger partial charge >= 0.3 is 0 Å². The summed E-state index contributed by atoms with van der Waals surface area (Å²) in [5.74, 6) is 0.742. The molecule has 0 aliphatic heterocycles. The van der Waals surface area contributed by atoms with Crippen molar-refractivity contribution in [1.29, 1.82) is 0 Å². The van der Waals surface area contributed by atoms with Gasteiger partial charge in [-0.2, -0.15) is 0 Å². The molecule has 94 valence electrons. The summed E-state index contributed by atoms with van der Waals surface area (Å²) >= 11 is 5.89. The van der Waals surface area contributed by atoms with Crippen LogP contribution in [0.4, 0.5) is 5.69 Å². The summed E-state index contributed by atoms with van der Waals surface area (Å²) in [5, 5.41) is 6.49. The predicted octanol–water partition coefficient (Wildman–Crippen LogP) is 2.29. The Morgan fingerprint density at radius 3 is 2.88 bits per heavy atom. The number of rotatable bonds is 6. The van der Waals surface area contributed by atoms with Crippen LogP contribution in [0.1, 0.15) is 13.3 Å². The summed E-state index contributed by atoms with van der Waals surface area (Å²) in [6.07, 6.45) is 0.420. The van der Waals surface area contributed by atoms with Gasteiger partial charge in [0.1, 0.15) is 5.75 Å². The highest BCUT2D eigenvalue weighted by Gasteiger charge is 2.04. The molecule has 0 aliphatic rings. The van der Waals surface area contributed by atoms with E-state index in [0.717, 1.165) is 5.69 Å². The van der Waals surface area contributed by atoms with Crippen molar-refractivity contribution in [3.63, 3.8) is 0 Å². The quantitative estimate of drug-likeness (QED) is 0.821. The summed E-state index contributed by atoms with van der Waals surface area (Å²) < 4.78 is 5.18. The number of ether oxygens (including phenoxy) is 1. The average molecular weight is 257 g/mol. The summed E-state index contributed by atoms with van der Waals surface area (Å²) in [6, 6.07) is 5.32. The number of amides is 1. The first kappa shape index (κ1) is 13.6. The third-order valence-electron chi connectivity index (χ3n) is 2.20. The van der Waals surface area contributed by atoms with E-state index in [4.69, 9.17) is 16.3 Å². The molecule has 1 aromatic carbocycles. The van der Waals surface area contributed by atoms with Gasteiger partial charge in [-0.1, -0.05) is 11.6 Å². The topological polar surface area (TPSA) is 50.4 Å². The van der Waals surface area contributed by atoms with E-state index in [9.17, 15) is 4.79 Å². The maximum absolute atomic E-state index is 11.2. The minimum atomic E-state index is 0.0287. The van der Waals surface area contributed by atoms with Gasteiger partial charge in [0.25, 0.3) is 0 Å². The number of benzene rings is 1. The molecule has 1 rings (SSSR count). The van der Waals surface area contributed by atoms with Crippen LogP contribution in [-0.2, 0) is 4.79 Å². The first-order valence-electron chi connectivity index (χ1n) is 5.51. The Kier molecular flexibility index (Phi) is 5.63. The van der Waals surface area contributed by atoms with Crippen LogP contribution in [0.2, 0.25) is 5.02 Å². The van der Waals surface area contributed by atoms with Crippen molar-refractivity contribution in [2.45, 2.75) is 13.3 Å². The Morgan fingerprint density at radius 1 is 1.47 bits per heavy atom. The number of hydrogen-bond acceptors (Lipinski definition) is 3. The van der Waals surface area contributed by atoms with Crippen molar-refractivity contribution in [3.8, 4) is 5.75 Å². The molecule has 0 aliphatic carbocycles. The summed E-state index contributed by atoms with van der Waals surface area (Å²) in [5.41, 5.74) is 0.796. The zero-order valence-electron chi connectivity index (χ0n) is 10.0. The first-order valence-corrected chi connectivity index (χ1v) is 5.89. The van der Waals surface area contributed by atoms with Crippen LogP contribution in [0.25, 0.3) is 0 Å². The molecule has 5 heteroatoms. The molecule has 1 amide bonds. The highest BCUT2D eigenvalue weighted by Crippen LogP contribution is 2.27. The number of hydrogen-bond donors (Lipinski definition) is 2. The third kappa shape index (κ3) is 4.53. The molecule has 1 aromatic rings. The molecule has 0 unspecified atom stereocenters. The number of anilines is 1. The van der Waals surface area contributed by atoms with E-state index >= 15 is 0 Å². The monoisotopic (exact) mass is 256 g/mol. The maximum Gasteiger partial charge on any atom is 0.221 e. The van der Waals surface area contributed by atoms with Crippen molar-refractivity contribution in [2.75, 3.05) is 25.5 Å². The van der Waals surface area contributed by atoms with Gasteiger partial charge in [-0.05, 0) is 25.1 Å². The molecule has 4 nitrogen and oxygen atoms in total. The van der Waals surface area contributed by atoms with Crippen LogP contribution in [0.5, 0.6) is 5.75 Å². The molecule has 2 N–H and O–H groups in total. The van der Waals surface area contributed by atoms with E-state index in [2.05, 4.69) is 10.6 Å². The fourth-order valence-corrected chi connectivity index (χ4v) is 1.59. The van der Waals surface area contributed by atoms with Crippen LogP contribution >= 0.6 is 11.6 Å². The maximum atomic E-state index is 11.2. The van der Waals surface area contributed by atoms with Crippen molar-refractivity contribution < 1.29 is 9.53 Å². The second-order valence-electron chi connectivity index (χ2n) is 3.47. The highest BCUT2D eigenvalue weighted by atomic mass is 35.5. The molecule has 0 radical (unpaired) electrons. The van der Waals surface area contributed by atoms with E-state index in [1.807, 2.05) is 6.92 Å². The largest absolute Gasteiger partial charge is 0.495 e. The van der Waals surface area contributed by atoms with Crippen LogP contribution in [-0.4, -0.2) is 26.1 Å². The molecule has 0 saturated heterocycles. The molecule has 0 bridgehead atoms. The van der Waals surface area contributed by atoms with Gasteiger partial charge in [-0.3, -0.25) is 4.79 Å².